The fraction of sp³-hybridized carbons (Fsp3) is 0.129. The molecule has 4 aromatic rings. The smallest absolute Gasteiger partial charge is 0.408 e. The number of benzene rings is 4. The van der Waals surface area contributed by atoms with Crippen LogP contribution in [0.5, 0.6) is 5.75 Å². The van der Waals surface area contributed by atoms with E-state index in [1.165, 1.54) is 18.2 Å². The quantitative estimate of drug-likeness (QED) is 0.190. The van der Waals surface area contributed by atoms with Gasteiger partial charge in [-0.3, -0.25) is 4.79 Å². The van der Waals surface area contributed by atoms with Crippen LogP contribution in [0, 0.1) is 6.92 Å². The van der Waals surface area contributed by atoms with Crippen molar-refractivity contribution in [1.82, 2.24) is 5.32 Å². The van der Waals surface area contributed by atoms with Gasteiger partial charge < -0.3 is 20.1 Å². The van der Waals surface area contributed by atoms with Gasteiger partial charge in [-0.05, 0) is 42.3 Å². The summed E-state index contributed by atoms with van der Waals surface area (Å²) in [5, 5.41) is 5.66. The molecule has 0 saturated heterocycles. The fourth-order valence-corrected chi connectivity index (χ4v) is 3.90. The summed E-state index contributed by atoms with van der Waals surface area (Å²) >= 11 is 6.16. The number of esters is 1. The summed E-state index contributed by atoms with van der Waals surface area (Å²) in [6, 6.07) is 28.9. The van der Waals surface area contributed by atoms with Gasteiger partial charge in [-0.2, -0.15) is 0 Å². The number of halogens is 1. The Labute approximate surface area is 231 Å². The molecule has 0 saturated carbocycles. The predicted molar refractivity (Wildman–Crippen MR) is 150 cm³/mol. The molecule has 0 aromatic heterocycles. The van der Waals surface area contributed by atoms with Crippen LogP contribution >= 0.6 is 11.6 Å². The Balaban J connectivity index is 1.50. The van der Waals surface area contributed by atoms with E-state index in [2.05, 4.69) is 10.6 Å². The monoisotopic (exact) mass is 542 g/mol. The third kappa shape index (κ3) is 8.18. The highest BCUT2D eigenvalue weighted by Gasteiger charge is 2.26. The Morgan fingerprint density at radius 3 is 2.13 bits per heavy atom. The van der Waals surface area contributed by atoms with Gasteiger partial charge in [0.15, 0.2) is 0 Å². The van der Waals surface area contributed by atoms with E-state index in [-0.39, 0.29) is 29.4 Å². The molecule has 198 valence electrons. The van der Waals surface area contributed by atoms with Gasteiger partial charge in [0.25, 0.3) is 5.91 Å². The zero-order valence-electron chi connectivity index (χ0n) is 21.2. The number of aryl methyl sites for hydroxylation is 1. The second-order valence-corrected chi connectivity index (χ2v) is 9.27. The van der Waals surface area contributed by atoms with Crippen molar-refractivity contribution in [3.05, 3.63) is 130 Å². The van der Waals surface area contributed by atoms with Crippen LogP contribution in [0.1, 0.15) is 27.0 Å². The average molecular weight is 543 g/mol. The molecule has 0 aliphatic carbocycles. The summed E-state index contributed by atoms with van der Waals surface area (Å²) in [4.78, 5) is 39.0. The molecule has 0 spiro atoms. The number of hydrogen-bond acceptors (Lipinski definition) is 5. The van der Waals surface area contributed by atoms with E-state index in [1.807, 2.05) is 79.7 Å². The number of carbonyl (C=O) groups is 3. The standard InChI is InChI=1S/C31H27ClN2O5/c1-21-12-15-25(16-13-21)33-29(35)26-17-14-24(32)19-28(26)39-30(36)27(18-22-8-4-2-5-9-22)34-31(37)38-20-23-10-6-3-7-11-23/h2-17,19,27H,18,20H2,1H3,(H,33,35)(H,34,37)/t27-/m0/s1. The molecule has 39 heavy (non-hydrogen) atoms. The highest BCUT2D eigenvalue weighted by Crippen LogP contribution is 2.25. The van der Waals surface area contributed by atoms with Crippen molar-refractivity contribution in [3.8, 4) is 5.75 Å². The highest BCUT2D eigenvalue weighted by molar-refractivity contribution is 6.31. The van der Waals surface area contributed by atoms with E-state index in [0.717, 1.165) is 16.7 Å². The van der Waals surface area contributed by atoms with Crippen molar-refractivity contribution in [2.75, 3.05) is 5.32 Å². The maximum absolute atomic E-state index is 13.3. The summed E-state index contributed by atoms with van der Waals surface area (Å²) in [6.07, 6.45) is -0.633. The minimum atomic E-state index is -1.09. The van der Waals surface area contributed by atoms with Gasteiger partial charge in [-0.25, -0.2) is 9.59 Å². The molecule has 0 bridgehead atoms. The van der Waals surface area contributed by atoms with Crippen LogP contribution in [-0.4, -0.2) is 24.0 Å². The number of hydrogen-bond donors (Lipinski definition) is 2. The van der Waals surface area contributed by atoms with Gasteiger partial charge >= 0.3 is 12.1 Å². The lowest BCUT2D eigenvalue weighted by Crippen LogP contribution is -2.44. The maximum Gasteiger partial charge on any atom is 0.408 e. The number of rotatable bonds is 9. The largest absolute Gasteiger partial charge is 0.445 e. The fourth-order valence-electron chi connectivity index (χ4n) is 3.73. The van der Waals surface area contributed by atoms with Crippen LogP contribution in [0.2, 0.25) is 5.02 Å². The maximum atomic E-state index is 13.3. The molecular weight excluding hydrogens is 516 g/mol. The summed E-state index contributed by atoms with van der Waals surface area (Å²) in [7, 11) is 0. The van der Waals surface area contributed by atoms with Gasteiger partial charge in [0.05, 0.1) is 5.56 Å². The Bertz CT molecular complexity index is 1430. The van der Waals surface area contributed by atoms with Gasteiger partial charge in [0.1, 0.15) is 18.4 Å². The minimum absolute atomic E-state index is 0.0328. The normalized spacial score (nSPS) is 11.2. The van der Waals surface area contributed by atoms with Crippen LogP contribution in [0.3, 0.4) is 0 Å². The molecule has 7 nitrogen and oxygen atoms in total. The summed E-state index contributed by atoms with van der Waals surface area (Å²) in [6.45, 7) is 1.98. The SMILES string of the molecule is Cc1ccc(NC(=O)c2ccc(Cl)cc2OC(=O)[C@H](Cc2ccccc2)NC(=O)OCc2ccccc2)cc1. The molecular formula is C31H27ClN2O5. The van der Waals surface area contributed by atoms with Crippen LogP contribution in [0.25, 0.3) is 0 Å². The van der Waals surface area contributed by atoms with Gasteiger partial charge in [0, 0.05) is 23.2 Å². The van der Waals surface area contributed by atoms with E-state index in [9.17, 15) is 14.4 Å². The molecule has 4 aromatic carbocycles. The third-order valence-electron chi connectivity index (χ3n) is 5.78. The van der Waals surface area contributed by atoms with Crippen molar-refractivity contribution in [3.63, 3.8) is 0 Å². The topological polar surface area (TPSA) is 93.7 Å². The van der Waals surface area contributed by atoms with Crippen molar-refractivity contribution in [2.24, 2.45) is 0 Å². The van der Waals surface area contributed by atoms with E-state index in [0.29, 0.717) is 5.69 Å². The molecule has 0 aliphatic heterocycles. The number of ether oxygens (including phenoxy) is 2. The molecule has 4 rings (SSSR count). The Morgan fingerprint density at radius 2 is 1.46 bits per heavy atom. The Kier molecular flexibility index (Phi) is 9.32. The lowest BCUT2D eigenvalue weighted by molar-refractivity contribution is -0.136. The van der Waals surface area contributed by atoms with Gasteiger partial charge in [-0.1, -0.05) is 90.0 Å². The first-order valence-corrected chi connectivity index (χ1v) is 12.7. The molecule has 0 radical (unpaired) electrons. The molecule has 2 amide bonds. The zero-order valence-corrected chi connectivity index (χ0v) is 22.0. The second kappa shape index (κ2) is 13.3. The first kappa shape index (κ1) is 27.4. The van der Waals surface area contributed by atoms with Crippen molar-refractivity contribution in [2.45, 2.75) is 26.0 Å². The Morgan fingerprint density at radius 1 is 0.821 bits per heavy atom. The van der Waals surface area contributed by atoms with E-state index >= 15 is 0 Å². The van der Waals surface area contributed by atoms with Crippen molar-refractivity contribution >= 4 is 35.3 Å². The lowest BCUT2D eigenvalue weighted by Gasteiger charge is -2.19. The third-order valence-corrected chi connectivity index (χ3v) is 6.02. The van der Waals surface area contributed by atoms with E-state index < -0.39 is 24.0 Å². The van der Waals surface area contributed by atoms with Crippen molar-refractivity contribution < 1.29 is 23.9 Å². The number of anilines is 1. The van der Waals surface area contributed by atoms with Crippen LogP contribution in [-0.2, 0) is 22.6 Å². The van der Waals surface area contributed by atoms with Gasteiger partial charge in [-0.15, -0.1) is 0 Å². The average Bonchev–Trinajstić information content (AvgIpc) is 2.94. The molecule has 2 N–H and O–H groups in total. The Hall–Kier alpha value is -4.62. The number of carbonyl (C=O) groups excluding carboxylic acids is 3. The first-order valence-electron chi connectivity index (χ1n) is 12.3. The van der Waals surface area contributed by atoms with E-state index in [1.54, 1.807) is 12.1 Å². The predicted octanol–water partition coefficient (Wildman–Crippen LogP) is 6.34. The first-order chi connectivity index (χ1) is 18.9. The minimum Gasteiger partial charge on any atom is -0.445 e. The van der Waals surface area contributed by atoms with Crippen LogP contribution in [0.15, 0.2) is 103 Å². The molecule has 0 unspecified atom stereocenters. The number of amides is 2. The number of alkyl carbamates (subject to hydrolysis) is 1. The van der Waals surface area contributed by atoms with E-state index in [4.69, 9.17) is 21.1 Å². The summed E-state index contributed by atoms with van der Waals surface area (Å²) in [5.74, 6) is -1.29. The summed E-state index contributed by atoms with van der Waals surface area (Å²) in [5.41, 5.74) is 3.35. The second-order valence-electron chi connectivity index (χ2n) is 8.83. The van der Waals surface area contributed by atoms with Crippen LogP contribution in [0.4, 0.5) is 10.5 Å². The lowest BCUT2D eigenvalue weighted by atomic mass is 10.1. The van der Waals surface area contributed by atoms with Crippen molar-refractivity contribution in [1.29, 1.82) is 0 Å². The molecule has 0 fully saturated rings. The molecule has 1 atom stereocenters. The van der Waals surface area contributed by atoms with Crippen LogP contribution < -0.4 is 15.4 Å². The number of nitrogens with one attached hydrogen (secondary N) is 2. The van der Waals surface area contributed by atoms with Gasteiger partial charge in [0.2, 0.25) is 0 Å². The zero-order chi connectivity index (χ0) is 27.6. The molecule has 8 heteroatoms. The highest BCUT2D eigenvalue weighted by atomic mass is 35.5. The molecule has 0 heterocycles. The summed E-state index contributed by atoms with van der Waals surface area (Å²) < 4.78 is 11.0. The molecule has 0 aliphatic rings.